The van der Waals surface area contributed by atoms with E-state index in [-0.39, 0.29) is 5.91 Å². The number of nitrogens with zero attached hydrogens (tertiary/aromatic N) is 1. The predicted octanol–water partition coefficient (Wildman–Crippen LogP) is 3.10. The van der Waals surface area contributed by atoms with Crippen LogP contribution in [0.4, 0.5) is 5.69 Å². The Morgan fingerprint density at radius 2 is 1.88 bits per heavy atom. The molecule has 136 valence electrons. The topological polar surface area (TPSA) is 50.8 Å². The molecular formula is C21H24N2O3. The number of fused-ring (bicyclic) bond motifs is 1. The van der Waals surface area contributed by atoms with Gasteiger partial charge in [-0.2, -0.15) is 0 Å². The zero-order valence-corrected chi connectivity index (χ0v) is 14.8. The van der Waals surface area contributed by atoms with Crippen molar-refractivity contribution in [2.45, 2.75) is 25.3 Å². The van der Waals surface area contributed by atoms with Gasteiger partial charge in [0.15, 0.2) is 11.5 Å². The molecule has 5 nitrogen and oxygen atoms in total. The van der Waals surface area contributed by atoms with E-state index in [1.165, 1.54) is 5.56 Å². The van der Waals surface area contributed by atoms with Crippen LogP contribution in [-0.2, 0) is 11.2 Å². The zero-order valence-electron chi connectivity index (χ0n) is 14.8. The van der Waals surface area contributed by atoms with Crippen molar-refractivity contribution in [2.75, 3.05) is 31.6 Å². The summed E-state index contributed by atoms with van der Waals surface area (Å²) < 4.78 is 11.1. The molecule has 5 heteroatoms. The first-order valence-electron chi connectivity index (χ1n) is 9.25. The van der Waals surface area contributed by atoms with Gasteiger partial charge in [-0.05, 0) is 43.5 Å². The smallest absolute Gasteiger partial charge is 0.238 e. The Morgan fingerprint density at radius 1 is 1.08 bits per heavy atom. The molecule has 0 aliphatic carbocycles. The lowest BCUT2D eigenvalue weighted by molar-refractivity contribution is -0.117. The number of rotatable bonds is 5. The lowest BCUT2D eigenvalue weighted by Crippen LogP contribution is -2.37. The number of likely N-dealkylation sites (tertiary alicyclic amines) is 1. The molecule has 2 aromatic rings. The fourth-order valence-corrected chi connectivity index (χ4v) is 3.73. The largest absolute Gasteiger partial charge is 0.486 e. The van der Waals surface area contributed by atoms with Crippen molar-refractivity contribution in [3.05, 3.63) is 54.1 Å². The molecule has 2 aromatic carbocycles. The summed E-state index contributed by atoms with van der Waals surface area (Å²) in [6.45, 7) is 2.51. The van der Waals surface area contributed by atoms with Gasteiger partial charge in [0.05, 0.1) is 6.54 Å². The van der Waals surface area contributed by atoms with Crippen LogP contribution in [0, 0.1) is 0 Å². The number of amides is 1. The van der Waals surface area contributed by atoms with Gasteiger partial charge in [-0.1, -0.05) is 30.3 Å². The molecule has 4 rings (SSSR count). The van der Waals surface area contributed by atoms with Crippen molar-refractivity contribution in [2.24, 2.45) is 0 Å². The summed E-state index contributed by atoms with van der Waals surface area (Å²) in [5, 5.41) is 2.99. The van der Waals surface area contributed by atoms with Crippen molar-refractivity contribution in [1.29, 1.82) is 0 Å². The van der Waals surface area contributed by atoms with Gasteiger partial charge in [0.2, 0.25) is 5.91 Å². The van der Waals surface area contributed by atoms with E-state index in [4.69, 9.17) is 9.47 Å². The summed E-state index contributed by atoms with van der Waals surface area (Å²) in [7, 11) is 0. The Balaban J connectivity index is 1.35. The number of benzene rings is 2. The fourth-order valence-electron chi connectivity index (χ4n) is 3.73. The molecule has 2 heterocycles. The van der Waals surface area contributed by atoms with Crippen molar-refractivity contribution in [1.82, 2.24) is 4.90 Å². The molecule has 1 atom stereocenters. The molecule has 1 fully saturated rings. The van der Waals surface area contributed by atoms with E-state index in [0.29, 0.717) is 31.5 Å². The third-order valence-corrected chi connectivity index (χ3v) is 4.99. The van der Waals surface area contributed by atoms with Gasteiger partial charge in [0.25, 0.3) is 0 Å². The molecule has 0 bridgehead atoms. The van der Waals surface area contributed by atoms with Crippen molar-refractivity contribution in [3.63, 3.8) is 0 Å². The third-order valence-electron chi connectivity index (χ3n) is 4.99. The first-order chi connectivity index (χ1) is 12.8. The van der Waals surface area contributed by atoms with E-state index in [1.54, 1.807) is 0 Å². The minimum absolute atomic E-state index is 0.0154. The van der Waals surface area contributed by atoms with Crippen LogP contribution < -0.4 is 14.8 Å². The molecule has 2 aliphatic rings. The van der Waals surface area contributed by atoms with Crippen LogP contribution in [0.5, 0.6) is 11.5 Å². The van der Waals surface area contributed by atoms with Crippen LogP contribution in [0.25, 0.3) is 0 Å². The number of carbonyl (C=O) groups is 1. The predicted molar refractivity (Wildman–Crippen MR) is 101 cm³/mol. The quantitative estimate of drug-likeness (QED) is 0.898. The maximum Gasteiger partial charge on any atom is 0.238 e. The van der Waals surface area contributed by atoms with Gasteiger partial charge in [0.1, 0.15) is 13.2 Å². The summed E-state index contributed by atoms with van der Waals surface area (Å²) >= 11 is 0. The Bertz CT molecular complexity index is 763. The van der Waals surface area contributed by atoms with Crippen LogP contribution in [0.15, 0.2) is 48.5 Å². The van der Waals surface area contributed by atoms with Gasteiger partial charge in [-0.25, -0.2) is 0 Å². The second-order valence-electron chi connectivity index (χ2n) is 6.86. The maximum atomic E-state index is 12.5. The number of nitrogens with one attached hydrogen (secondary N) is 1. The molecule has 0 radical (unpaired) electrons. The molecule has 1 N–H and O–H groups in total. The van der Waals surface area contributed by atoms with Crippen molar-refractivity contribution in [3.8, 4) is 11.5 Å². The van der Waals surface area contributed by atoms with E-state index < -0.39 is 0 Å². The molecule has 1 saturated heterocycles. The number of hydrogen-bond donors (Lipinski definition) is 1. The molecule has 26 heavy (non-hydrogen) atoms. The normalized spacial score (nSPS) is 19.3. The van der Waals surface area contributed by atoms with E-state index >= 15 is 0 Å². The lowest BCUT2D eigenvalue weighted by Gasteiger charge is -2.24. The van der Waals surface area contributed by atoms with Gasteiger partial charge in [-0.3, -0.25) is 9.69 Å². The van der Waals surface area contributed by atoms with Crippen molar-refractivity contribution < 1.29 is 14.3 Å². The maximum absolute atomic E-state index is 12.5. The van der Waals surface area contributed by atoms with Gasteiger partial charge >= 0.3 is 0 Å². The van der Waals surface area contributed by atoms with E-state index in [1.807, 2.05) is 24.3 Å². The highest BCUT2D eigenvalue weighted by molar-refractivity contribution is 5.92. The summed E-state index contributed by atoms with van der Waals surface area (Å²) in [5.74, 6) is 1.44. The van der Waals surface area contributed by atoms with E-state index in [0.717, 1.165) is 37.2 Å². The monoisotopic (exact) mass is 352 g/mol. The highest BCUT2D eigenvalue weighted by Crippen LogP contribution is 2.32. The van der Waals surface area contributed by atoms with Crippen molar-refractivity contribution >= 4 is 11.6 Å². The Labute approximate surface area is 153 Å². The first-order valence-corrected chi connectivity index (χ1v) is 9.25. The Hall–Kier alpha value is -2.53. The highest BCUT2D eigenvalue weighted by Gasteiger charge is 2.26. The SMILES string of the molecule is O=C(CN1CCCC1Cc1ccccc1)Nc1ccc2c(c1)OCCO2. The summed E-state index contributed by atoms with van der Waals surface area (Å²) in [4.78, 5) is 14.8. The zero-order chi connectivity index (χ0) is 17.8. The van der Waals surface area contributed by atoms with Gasteiger partial charge in [0, 0.05) is 17.8 Å². The lowest BCUT2D eigenvalue weighted by atomic mass is 10.0. The number of anilines is 1. The molecule has 1 unspecified atom stereocenters. The average molecular weight is 352 g/mol. The van der Waals surface area contributed by atoms with Crippen LogP contribution >= 0.6 is 0 Å². The first kappa shape index (κ1) is 16.9. The molecule has 0 saturated carbocycles. The molecule has 1 amide bonds. The highest BCUT2D eigenvalue weighted by atomic mass is 16.6. The Morgan fingerprint density at radius 3 is 2.73 bits per heavy atom. The van der Waals surface area contributed by atoms with E-state index in [2.05, 4.69) is 34.5 Å². The average Bonchev–Trinajstić information content (AvgIpc) is 3.09. The van der Waals surface area contributed by atoms with Crippen LogP contribution in [0.1, 0.15) is 18.4 Å². The standard InChI is InChI=1S/C21H24N2O3/c24-21(22-17-8-9-19-20(14-17)26-12-11-25-19)15-23-10-4-7-18(23)13-16-5-2-1-3-6-16/h1-3,5-6,8-9,14,18H,4,7,10-13,15H2,(H,22,24). The number of carbonyl (C=O) groups excluding carboxylic acids is 1. The van der Waals surface area contributed by atoms with Crippen LogP contribution in [0.2, 0.25) is 0 Å². The summed E-state index contributed by atoms with van der Waals surface area (Å²) in [6.07, 6.45) is 3.29. The summed E-state index contributed by atoms with van der Waals surface area (Å²) in [5.41, 5.74) is 2.08. The van der Waals surface area contributed by atoms with Gasteiger partial charge < -0.3 is 14.8 Å². The Kier molecular flexibility index (Phi) is 5.07. The molecule has 0 aromatic heterocycles. The second-order valence-corrected chi connectivity index (χ2v) is 6.86. The third kappa shape index (κ3) is 3.99. The second kappa shape index (κ2) is 7.79. The molecule has 2 aliphatic heterocycles. The van der Waals surface area contributed by atoms with Gasteiger partial charge in [-0.15, -0.1) is 0 Å². The molecule has 0 spiro atoms. The van der Waals surface area contributed by atoms with E-state index in [9.17, 15) is 4.79 Å². The minimum Gasteiger partial charge on any atom is -0.486 e. The summed E-state index contributed by atoms with van der Waals surface area (Å²) in [6, 6.07) is 16.5. The fraction of sp³-hybridized carbons (Fsp3) is 0.381. The minimum atomic E-state index is 0.0154. The molecular weight excluding hydrogens is 328 g/mol. The van der Waals surface area contributed by atoms with Crippen LogP contribution in [0.3, 0.4) is 0 Å². The number of ether oxygens (including phenoxy) is 2. The number of hydrogen-bond acceptors (Lipinski definition) is 4. The van der Waals surface area contributed by atoms with Crippen LogP contribution in [-0.4, -0.2) is 43.2 Å².